The molecule has 0 saturated heterocycles. The van der Waals surface area contributed by atoms with Crippen molar-refractivity contribution in [2.45, 2.75) is 12.8 Å². The second-order valence-corrected chi connectivity index (χ2v) is 5.19. The monoisotopic (exact) mass is 305 g/mol. The van der Waals surface area contributed by atoms with Crippen LogP contribution in [0, 0.1) is 0 Å². The van der Waals surface area contributed by atoms with Crippen molar-refractivity contribution in [1.82, 2.24) is 15.3 Å². The fourth-order valence-corrected chi connectivity index (χ4v) is 2.57. The third kappa shape index (κ3) is 4.57. The summed E-state index contributed by atoms with van der Waals surface area (Å²) in [6.07, 6.45) is 7.46. The van der Waals surface area contributed by atoms with Crippen LogP contribution in [-0.2, 0) is 11.2 Å². The molecular formula is C14H15N3O3S. The number of aromatic nitrogens is 2. The number of H-pyrrole nitrogens is 1. The van der Waals surface area contributed by atoms with Gasteiger partial charge in [-0.25, -0.2) is 9.78 Å². The molecular weight excluding hydrogens is 290 g/mol. The number of amides is 1. The van der Waals surface area contributed by atoms with Gasteiger partial charge in [-0.05, 0) is 29.5 Å². The Labute approximate surface area is 125 Å². The largest absolute Gasteiger partial charge is 0.478 e. The predicted molar refractivity (Wildman–Crippen MR) is 80.2 cm³/mol. The molecule has 0 unspecified atom stereocenters. The molecule has 1 amide bonds. The molecule has 2 heterocycles. The van der Waals surface area contributed by atoms with Crippen molar-refractivity contribution in [3.05, 3.63) is 46.2 Å². The molecule has 2 aromatic heterocycles. The minimum atomic E-state index is -1.04. The summed E-state index contributed by atoms with van der Waals surface area (Å²) in [5.41, 5.74) is 0.617. The Morgan fingerprint density at radius 3 is 3.05 bits per heavy atom. The lowest BCUT2D eigenvalue weighted by Crippen LogP contribution is -2.24. The van der Waals surface area contributed by atoms with Crippen molar-refractivity contribution < 1.29 is 14.7 Å². The molecule has 0 aliphatic carbocycles. The van der Waals surface area contributed by atoms with Crippen molar-refractivity contribution in [2.75, 3.05) is 6.54 Å². The molecule has 3 N–H and O–H groups in total. The molecule has 0 aliphatic heterocycles. The van der Waals surface area contributed by atoms with E-state index in [9.17, 15) is 9.59 Å². The molecule has 6 nitrogen and oxygen atoms in total. The maximum absolute atomic E-state index is 12.0. The van der Waals surface area contributed by atoms with Crippen LogP contribution in [0.2, 0.25) is 0 Å². The first-order valence-electron chi connectivity index (χ1n) is 6.42. The van der Waals surface area contributed by atoms with Crippen molar-refractivity contribution in [1.29, 1.82) is 0 Å². The second-order valence-electron chi connectivity index (χ2n) is 4.27. The summed E-state index contributed by atoms with van der Waals surface area (Å²) in [6.45, 7) is 0.541. The summed E-state index contributed by atoms with van der Waals surface area (Å²) in [5, 5.41) is 13.2. The number of carboxylic acids is 1. The minimum Gasteiger partial charge on any atom is -0.478 e. The van der Waals surface area contributed by atoms with E-state index >= 15 is 0 Å². The van der Waals surface area contributed by atoms with Crippen LogP contribution in [0.1, 0.15) is 27.5 Å². The molecule has 21 heavy (non-hydrogen) atoms. The SMILES string of the molecule is O=C(O)/C=C/c1ccsc1C(=O)NCCCc1ncc[nH]1. The third-order valence-corrected chi connectivity index (χ3v) is 3.67. The Morgan fingerprint density at radius 2 is 2.33 bits per heavy atom. The molecule has 0 saturated carbocycles. The fourth-order valence-electron chi connectivity index (χ4n) is 1.77. The Balaban J connectivity index is 1.83. The highest BCUT2D eigenvalue weighted by Gasteiger charge is 2.11. The Hall–Kier alpha value is -2.41. The molecule has 0 spiro atoms. The number of aryl methyl sites for hydroxylation is 1. The van der Waals surface area contributed by atoms with E-state index in [0.717, 1.165) is 24.7 Å². The van der Waals surface area contributed by atoms with Crippen molar-refractivity contribution in [3.63, 3.8) is 0 Å². The first kappa shape index (κ1) is 15.0. The number of thiophene rings is 1. The number of imidazole rings is 1. The highest BCUT2D eigenvalue weighted by Crippen LogP contribution is 2.18. The summed E-state index contributed by atoms with van der Waals surface area (Å²) in [7, 11) is 0. The van der Waals surface area contributed by atoms with Gasteiger partial charge in [0.05, 0.1) is 4.88 Å². The van der Waals surface area contributed by atoms with Crippen LogP contribution in [0.5, 0.6) is 0 Å². The summed E-state index contributed by atoms with van der Waals surface area (Å²) in [6, 6.07) is 1.72. The molecule has 0 bridgehead atoms. The number of nitrogens with one attached hydrogen (secondary N) is 2. The standard InChI is InChI=1S/C14H15N3O3S/c18-12(19)4-3-10-5-9-21-13(10)14(20)17-6-1-2-11-15-7-8-16-11/h3-5,7-9H,1-2,6H2,(H,15,16)(H,17,20)(H,18,19)/b4-3+. The zero-order valence-electron chi connectivity index (χ0n) is 11.2. The van der Waals surface area contributed by atoms with E-state index < -0.39 is 5.97 Å². The Kier molecular flexibility index (Phi) is 5.28. The van der Waals surface area contributed by atoms with Crippen LogP contribution in [0.15, 0.2) is 29.9 Å². The number of carbonyl (C=O) groups is 2. The summed E-state index contributed by atoms with van der Waals surface area (Å²) in [5.74, 6) is -0.328. The second kappa shape index (κ2) is 7.39. The van der Waals surface area contributed by atoms with E-state index in [1.807, 2.05) is 0 Å². The first-order chi connectivity index (χ1) is 10.2. The lowest BCUT2D eigenvalue weighted by Gasteiger charge is -2.03. The third-order valence-electron chi connectivity index (χ3n) is 2.74. The number of carbonyl (C=O) groups excluding carboxylic acids is 1. The van der Waals surface area contributed by atoms with E-state index in [2.05, 4.69) is 15.3 Å². The van der Waals surface area contributed by atoms with Gasteiger partial charge in [0.25, 0.3) is 5.91 Å². The molecule has 0 aliphatic rings. The number of nitrogens with zero attached hydrogens (tertiary/aromatic N) is 1. The molecule has 0 atom stereocenters. The smallest absolute Gasteiger partial charge is 0.328 e. The number of rotatable bonds is 7. The van der Waals surface area contributed by atoms with Gasteiger partial charge >= 0.3 is 5.97 Å². The minimum absolute atomic E-state index is 0.186. The zero-order valence-corrected chi connectivity index (χ0v) is 12.0. The number of aromatic amines is 1. The highest BCUT2D eigenvalue weighted by atomic mass is 32.1. The Bertz CT molecular complexity index is 632. The summed E-state index contributed by atoms with van der Waals surface area (Å²) < 4.78 is 0. The molecule has 2 aromatic rings. The molecule has 0 radical (unpaired) electrons. The van der Waals surface area contributed by atoms with Crippen molar-refractivity contribution in [3.8, 4) is 0 Å². The quantitative estimate of drug-likeness (QED) is 0.538. The number of hydrogen-bond donors (Lipinski definition) is 3. The van der Waals surface area contributed by atoms with Crippen LogP contribution in [0.25, 0.3) is 6.08 Å². The fraction of sp³-hybridized carbons (Fsp3) is 0.214. The molecule has 0 aromatic carbocycles. The lowest BCUT2D eigenvalue weighted by atomic mass is 10.2. The number of carboxylic acid groups (broad SMARTS) is 1. The predicted octanol–water partition coefficient (Wildman–Crippen LogP) is 1.93. The van der Waals surface area contributed by atoms with Gasteiger partial charge in [0.15, 0.2) is 0 Å². The van der Waals surface area contributed by atoms with Gasteiger partial charge in [-0.2, -0.15) is 0 Å². The van der Waals surface area contributed by atoms with Gasteiger partial charge in [-0.15, -0.1) is 11.3 Å². The van der Waals surface area contributed by atoms with E-state index in [1.54, 1.807) is 23.8 Å². The average Bonchev–Trinajstić information content (AvgIpc) is 3.12. The zero-order chi connectivity index (χ0) is 15.1. The van der Waals surface area contributed by atoms with E-state index in [0.29, 0.717) is 17.0 Å². The first-order valence-corrected chi connectivity index (χ1v) is 7.29. The normalized spacial score (nSPS) is 10.9. The van der Waals surface area contributed by atoms with Gasteiger partial charge in [0.2, 0.25) is 0 Å². The number of aliphatic carboxylic acids is 1. The highest BCUT2D eigenvalue weighted by molar-refractivity contribution is 7.12. The molecule has 0 fully saturated rings. The van der Waals surface area contributed by atoms with Crippen LogP contribution >= 0.6 is 11.3 Å². The van der Waals surface area contributed by atoms with Gasteiger partial charge in [0, 0.05) is 31.4 Å². The number of hydrogen-bond acceptors (Lipinski definition) is 4. The maximum atomic E-state index is 12.0. The summed E-state index contributed by atoms with van der Waals surface area (Å²) in [4.78, 5) is 30.2. The van der Waals surface area contributed by atoms with Crippen LogP contribution in [0.3, 0.4) is 0 Å². The molecule has 110 valence electrons. The van der Waals surface area contributed by atoms with Crippen LogP contribution < -0.4 is 5.32 Å². The van der Waals surface area contributed by atoms with Gasteiger partial charge in [-0.1, -0.05) is 0 Å². The molecule has 2 rings (SSSR count). The van der Waals surface area contributed by atoms with E-state index in [-0.39, 0.29) is 5.91 Å². The Morgan fingerprint density at radius 1 is 1.48 bits per heavy atom. The van der Waals surface area contributed by atoms with Crippen molar-refractivity contribution in [2.24, 2.45) is 0 Å². The van der Waals surface area contributed by atoms with Crippen LogP contribution in [-0.4, -0.2) is 33.5 Å². The van der Waals surface area contributed by atoms with Gasteiger partial charge in [0.1, 0.15) is 5.82 Å². The van der Waals surface area contributed by atoms with Crippen molar-refractivity contribution >= 4 is 29.3 Å². The average molecular weight is 305 g/mol. The lowest BCUT2D eigenvalue weighted by molar-refractivity contribution is -0.131. The topological polar surface area (TPSA) is 95.1 Å². The maximum Gasteiger partial charge on any atom is 0.328 e. The van der Waals surface area contributed by atoms with Crippen LogP contribution in [0.4, 0.5) is 0 Å². The van der Waals surface area contributed by atoms with E-state index in [4.69, 9.17) is 5.11 Å². The molecule has 7 heteroatoms. The van der Waals surface area contributed by atoms with E-state index in [1.165, 1.54) is 17.4 Å². The van der Waals surface area contributed by atoms with Gasteiger partial charge in [-0.3, -0.25) is 4.79 Å². The summed E-state index contributed by atoms with van der Waals surface area (Å²) >= 11 is 1.29. The van der Waals surface area contributed by atoms with Gasteiger partial charge < -0.3 is 15.4 Å².